The number of unbranched alkanes of at least 4 members (excludes halogenated alkanes) is 1. The Morgan fingerprint density at radius 1 is 0.867 bits per heavy atom. The molecule has 6 nitrogen and oxygen atoms in total. The Bertz CT molecular complexity index is 613. The van der Waals surface area contributed by atoms with E-state index >= 15 is 0 Å². The lowest BCUT2D eigenvalue weighted by molar-refractivity contribution is -0.131. The average molecular weight is 421 g/mol. The molecule has 0 aromatic carbocycles. The number of allylic oxidation sites excluding steroid dienone is 6. The number of carboxylic acids is 1. The van der Waals surface area contributed by atoms with Gasteiger partial charge in [0.1, 0.15) is 5.78 Å². The second-order valence-electron chi connectivity index (χ2n) is 7.16. The van der Waals surface area contributed by atoms with Gasteiger partial charge in [-0.3, -0.25) is 4.79 Å². The van der Waals surface area contributed by atoms with Crippen LogP contribution < -0.4 is 0 Å². The van der Waals surface area contributed by atoms with Gasteiger partial charge in [-0.1, -0.05) is 54.7 Å². The third-order valence-electron chi connectivity index (χ3n) is 4.06. The minimum absolute atomic E-state index is 0.0271. The highest BCUT2D eigenvalue weighted by Gasteiger charge is 2.08. The summed E-state index contributed by atoms with van der Waals surface area (Å²) in [6.07, 6.45) is 19.2. The Morgan fingerprint density at radius 3 is 2.23 bits per heavy atom. The first-order valence-corrected chi connectivity index (χ1v) is 10.4. The Labute approximate surface area is 179 Å². The number of carboxylic acid groups (broad SMARTS) is 1. The second-order valence-corrected chi connectivity index (χ2v) is 7.16. The fraction of sp³-hybridized carbons (Fsp3) is 0.500. The smallest absolute Gasteiger partial charge is 0.328 e. The van der Waals surface area contributed by atoms with Crippen molar-refractivity contribution in [3.05, 3.63) is 60.8 Å². The Hall–Kier alpha value is -2.28. The van der Waals surface area contributed by atoms with E-state index in [2.05, 4.69) is 0 Å². The zero-order valence-corrected chi connectivity index (χ0v) is 17.8. The van der Waals surface area contributed by atoms with Crippen LogP contribution in [0.2, 0.25) is 0 Å². The topological polar surface area (TPSA) is 115 Å². The summed E-state index contributed by atoms with van der Waals surface area (Å²) in [6, 6.07) is 0. The van der Waals surface area contributed by atoms with Crippen LogP contribution in [-0.2, 0) is 9.59 Å². The summed E-state index contributed by atoms with van der Waals surface area (Å²) in [6.45, 7) is 1.77. The van der Waals surface area contributed by atoms with Crippen LogP contribution in [0.1, 0.15) is 58.3 Å². The number of hydrogen-bond acceptors (Lipinski definition) is 5. The van der Waals surface area contributed by atoms with E-state index in [9.17, 15) is 19.8 Å². The SMILES string of the molecule is CC(O)CCCC=CCCC(=O)CC(O)CC=C/C=C/C(O)CC=CC=CC(=O)O. The van der Waals surface area contributed by atoms with E-state index in [1.807, 2.05) is 12.2 Å². The van der Waals surface area contributed by atoms with E-state index in [0.717, 1.165) is 25.3 Å². The van der Waals surface area contributed by atoms with Crippen LogP contribution in [-0.4, -0.2) is 50.5 Å². The van der Waals surface area contributed by atoms with Gasteiger partial charge in [-0.2, -0.15) is 0 Å². The van der Waals surface area contributed by atoms with E-state index < -0.39 is 18.2 Å². The van der Waals surface area contributed by atoms with E-state index in [0.29, 0.717) is 25.7 Å². The molecule has 0 aliphatic carbocycles. The van der Waals surface area contributed by atoms with Gasteiger partial charge in [0, 0.05) is 18.9 Å². The maximum absolute atomic E-state index is 11.9. The molecule has 0 saturated carbocycles. The van der Waals surface area contributed by atoms with E-state index in [-0.39, 0.29) is 18.3 Å². The Balaban J connectivity index is 3.90. The largest absolute Gasteiger partial charge is 0.478 e. The summed E-state index contributed by atoms with van der Waals surface area (Å²) >= 11 is 0. The van der Waals surface area contributed by atoms with Gasteiger partial charge < -0.3 is 20.4 Å². The number of carbonyl (C=O) groups excluding carboxylic acids is 1. The highest BCUT2D eigenvalue weighted by Crippen LogP contribution is 2.06. The van der Waals surface area contributed by atoms with Gasteiger partial charge in [-0.05, 0) is 45.4 Å². The summed E-state index contributed by atoms with van der Waals surface area (Å²) in [5.41, 5.74) is 0. The number of aliphatic hydroxyl groups excluding tert-OH is 3. The first-order valence-electron chi connectivity index (χ1n) is 10.4. The molecular formula is C24H36O6. The summed E-state index contributed by atoms with van der Waals surface area (Å²) in [4.78, 5) is 22.1. The molecule has 30 heavy (non-hydrogen) atoms. The molecule has 0 radical (unpaired) electrons. The maximum Gasteiger partial charge on any atom is 0.328 e. The molecule has 4 N–H and O–H groups in total. The number of aliphatic hydroxyl groups is 3. The van der Waals surface area contributed by atoms with Gasteiger partial charge >= 0.3 is 5.97 Å². The van der Waals surface area contributed by atoms with Crippen LogP contribution in [0.4, 0.5) is 0 Å². The lowest BCUT2D eigenvalue weighted by Crippen LogP contribution is -2.12. The molecular weight excluding hydrogens is 384 g/mol. The monoisotopic (exact) mass is 420 g/mol. The third kappa shape index (κ3) is 20.5. The molecule has 6 heteroatoms. The van der Waals surface area contributed by atoms with Crippen LogP contribution in [0, 0.1) is 0 Å². The van der Waals surface area contributed by atoms with Gasteiger partial charge in [0.2, 0.25) is 0 Å². The van der Waals surface area contributed by atoms with Gasteiger partial charge in [0.25, 0.3) is 0 Å². The lowest BCUT2D eigenvalue weighted by Gasteiger charge is -2.06. The lowest BCUT2D eigenvalue weighted by atomic mass is 10.1. The fourth-order valence-corrected chi connectivity index (χ4v) is 2.48. The van der Waals surface area contributed by atoms with Crippen LogP contribution in [0.15, 0.2) is 60.8 Å². The predicted molar refractivity (Wildman–Crippen MR) is 119 cm³/mol. The van der Waals surface area contributed by atoms with Gasteiger partial charge in [0.15, 0.2) is 0 Å². The second kappa shape index (κ2) is 18.7. The molecule has 0 amide bonds. The number of ketones is 1. The quantitative estimate of drug-likeness (QED) is 0.124. The molecule has 0 saturated heterocycles. The molecule has 0 aliphatic rings. The summed E-state index contributed by atoms with van der Waals surface area (Å²) < 4.78 is 0. The molecule has 0 spiro atoms. The fourth-order valence-electron chi connectivity index (χ4n) is 2.48. The van der Waals surface area contributed by atoms with Crippen molar-refractivity contribution in [1.82, 2.24) is 0 Å². The summed E-state index contributed by atoms with van der Waals surface area (Å²) in [5, 5.41) is 37.2. The minimum Gasteiger partial charge on any atom is -0.478 e. The maximum atomic E-state index is 11.9. The number of aliphatic carboxylic acids is 1. The summed E-state index contributed by atoms with van der Waals surface area (Å²) in [7, 11) is 0. The first-order chi connectivity index (χ1) is 14.3. The standard InChI is InChI=1S/C24H36O6/c1-20(25)13-7-3-2-4-8-16-22(27)19-23(28)17-11-5-9-14-21(26)15-10-6-12-18-24(29)30/h2,4-6,9-12,14,18,20-21,23,25-26,28H,3,7-8,13,15-17,19H2,1H3,(H,29,30)/b4-2?,10-6?,11-5?,14-9+,18-12?. The van der Waals surface area contributed by atoms with Crippen molar-refractivity contribution >= 4 is 11.8 Å². The molecule has 0 fully saturated rings. The zero-order valence-electron chi connectivity index (χ0n) is 17.8. The molecule has 168 valence electrons. The average Bonchev–Trinajstić information content (AvgIpc) is 2.66. The number of Topliss-reactive ketones (excluding diaryl/α,β-unsaturated/α-hetero) is 1. The zero-order chi connectivity index (χ0) is 22.6. The van der Waals surface area contributed by atoms with Crippen molar-refractivity contribution in [2.75, 3.05) is 0 Å². The molecule has 3 atom stereocenters. The highest BCUT2D eigenvalue weighted by atomic mass is 16.4. The van der Waals surface area contributed by atoms with Crippen molar-refractivity contribution in [2.45, 2.75) is 76.6 Å². The minimum atomic E-state index is -1.02. The van der Waals surface area contributed by atoms with Crippen molar-refractivity contribution < 1.29 is 30.0 Å². The molecule has 0 rings (SSSR count). The molecule has 0 aromatic heterocycles. The van der Waals surface area contributed by atoms with E-state index in [4.69, 9.17) is 10.2 Å². The van der Waals surface area contributed by atoms with Gasteiger partial charge in [-0.25, -0.2) is 4.79 Å². The Morgan fingerprint density at radius 2 is 1.53 bits per heavy atom. The third-order valence-corrected chi connectivity index (χ3v) is 4.06. The molecule has 0 aliphatic heterocycles. The Kier molecular flexibility index (Phi) is 17.3. The first kappa shape index (κ1) is 27.7. The van der Waals surface area contributed by atoms with E-state index in [1.54, 1.807) is 43.4 Å². The van der Waals surface area contributed by atoms with Gasteiger partial charge in [-0.15, -0.1) is 0 Å². The van der Waals surface area contributed by atoms with Crippen LogP contribution >= 0.6 is 0 Å². The van der Waals surface area contributed by atoms with E-state index in [1.165, 1.54) is 6.08 Å². The van der Waals surface area contributed by atoms with Crippen molar-refractivity contribution in [3.8, 4) is 0 Å². The van der Waals surface area contributed by atoms with Crippen molar-refractivity contribution in [2.24, 2.45) is 0 Å². The predicted octanol–water partition coefficient (Wildman–Crippen LogP) is 3.64. The van der Waals surface area contributed by atoms with Crippen molar-refractivity contribution in [1.29, 1.82) is 0 Å². The molecule has 0 heterocycles. The van der Waals surface area contributed by atoms with Gasteiger partial charge in [0.05, 0.1) is 18.3 Å². The molecule has 3 unspecified atom stereocenters. The molecule has 0 bridgehead atoms. The number of rotatable bonds is 17. The van der Waals surface area contributed by atoms with Crippen LogP contribution in [0.3, 0.4) is 0 Å². The van der Waals surface area contributed by atoms with Crippen LogP contribution in [0.25, 0.3) is 0 Å². The number of hydrogen-bond donors (Lipinski definition) is 4. The normalized spacial score (nSPS) is 15.7. The van der Waals surface area contributed by atoms with Crippen molar-refractivity contribution in [3.63, 3.8) is 0 Å². The summed E-state index contributed by atoms with van der Waals surface area (Å²) in [5.74, 6) is -0.995. The van der Waals surface area contributed by atoms with Crippen LogP contribution in [0.5, 0.6) is 0 Å². The number of carbonyl (C=O) groups is 2. The molecule has 0 aromatic rings. The highest BCUT2D eigenvalue weighted by molar-refractivity contribution is 5.80.